The van der Waals surface area contributed by atoms with Crippen LogP contribution in [0.3, 0.4) is 0 Å². The number of nitrogens with one attached hydrogen (secondary N) is 1. The second-order valence-electron chi connectivity index (χ2n) is 4.37. The summed E-state index contributed by atoms with van der Waals surface area (Å²) in [5.41, 5.74) is 4.77. The van der Waals surface area contributed by atoms with Gasteiger partial charge in [-0.1, -0.05) is 28.1 Å². The Labute approximate surface area is 132 Å². The highest BCUT2D eigenvalue weighted by Crippen LogP contribution is 2.12. The van der Waals surface area contributed by atoms with Gasteiger partial charge in [0.1, 0.15) is 5.75 Å². The first-order valence-electron chi connectivity index (χ1n) is 6.35. The number of carbonyl (C=O) groups is 1. The lowest BCUT2D eigenvalue weighted by Crippen LogP contribution is -2.19. The third-order valence-corrected chi connectivity index (χ3v) is 3.47. The van der Waals surface area contributed by atoms with Gasteiger partial charge in [0, 0.05) is 10.0 Å². The van der Waals surface area contributed by atoms with Gasteiger partial charge in [-0.25, -0.2) is 5.43 Å². The molecule has 0 spiro atoms. The Bertz CT molecular complexity index is 649. The number of hydrogen-bond acceptors (Lipinski definition) is 3. The molecule has 0 aliphatic heterocycles. The number of amides is 1. The fourth-order valence-electron chi connectivity index (χ4n) is 1.70. The number of ether oxygens (including phenoxy) is 1. The summed E-state index contributed by atoms with van der Waals surface area (Å²) in [4.78, 5) is 12.0. The number of benzene rings is 2. The van der Waals surface area contributed by atoms with Gasteiger partial charge in [0.25, 0.3) is 5.91 Å². The van der Waals surface area contributed by atoms with Gasteiger partial charge in [0.15, 0.2) is 0 Å². The molecule has 2 aromatic rings. The van der Waals surface area contributed by atoms with E-state index in [9.17, 15) is 4.79 Å². The Kier molecular flexibility index (Phi) is 5.11. The molecule has 1 N–H and O–H groups in total. The third-order valence-electron chi connectivity index (χ3n) is 2.94. The fraction of sp³-hybridized carbons (Fsp3) is 0.125. The van der Waals surface area contributed by atoms with Crippen molar-refractivity contribution in [3.8, 4) is 5.75 Å². The van der Waals surface area contributed by atoms with Gasteiger partial charge in [-0.3, -0.25) is 4.79 Å². The van der Waals surface area contributed by atoms with Crippen molar-refractivity contribution in [1.29, 1.82) is 0 Å². The van der Waals surface area contributed by atoms with Gasteiger partial charge < -0.3 is 4.74 Å². The second kappa shape index (κ2) is 7.04. The largest absolute Gasteiger partial charge is 0.497 e. The van der Waals surface area contributed by atoms with Crippen LogP contribution < -0.4 is 10.2 Å². The lowest BCUT2D eigenvalue weighted by Gasteiger charge is -2.04. The van der Waals surface area contributed by atoms with Gasteiger partial charge in [-0.05, 0) is 48.9 Å². The SMILES string of the molecule is COc1ccc(C(=O)N/N=C(\C)c2ccc(Br)cc2)cc1. The molecule has 0 atom stereocenters. The minimum atomic E-state index is -0.255. The average molecular weight is 347 g/mol. The van der Waals surface area contributed by atoms with Crippen LogP contribution in [-0.2, 0) is 0 Å². The Hall–Kier alpha value is -2.14. The maximum absolute atomic E-state index is 12.0. The third kappa shape index (κ3) is 4.16. The Morgan fingerprint density at radius 1 is 1.05 bits per heavy atom. The van der Waals surface area contributed by atoms with Crippen LogP contribution in [0.1, 0.15) is 22.8 Å². The summed E-state index contributed by atoms with van der Waals surface area (Å²) in [5, 5.41) is 4.11. The number of hydrazone groups is 1. The standard InChI is InChI=1S/C16H15BrN2O2/c1-11(12-3-7-14(17)8-4-12)18-19-16(20)13-5-9-15(21-2)10-6-13/h3-10H,1-2H3,(H,19,20)/b18-11+. The Morgan fingerprint density at radius 2 is 1.62 bits per heavy atom. The Morgan fingerprint density at radius 3 is 2.19 bits per heavy atom. The second-order valence-corrected chi connectivity index (χ2v) is 5.29. The van der Waals surface area contributed by atoms with Gasteiger partial charge >= 0.3 is 0 Å². The maximum atomic E-state index is 12.0. The van der Waals surface area contributed by atoms with Crippen molar-refractivity contribution in [1.82, 2.24) is 5.43 Å². The van der Waals surface area contributed by atoms with Crippen molar-refractivity contribution in [2.24, 2.45) is 5.10 Å². The number of halogens is 1. The Balaban J connectivity index is 2.04. The summed E-state index contributed by atoms with van der Waals surface area (Å²) >= 11 is 3.38. The summed E-state index contributed by atoms with van der Waals surface area (Å²) in [7, 11) is 1.58. The minimum absolute atomic E-state index is 0.255. The number of rotatable bonds is 4. The van der Waals surface area contributed by atoms with Gasteiger partial charge in [-0.2, -0.15) is 5.10 Å². The highest BCUT2D eigenvalue weighted by atomic mass is 79.9. The lowest BCUT2D eigenvalue weighted by atomic mass is 10.1. The molecule has 1 amide bonds. The molecule has 0 fully saturated rings. The summed E-state index contributed by atoms with van der Waals surface area (Å²) in [6, 6.07) is 14.6. The van der Waals surface area contributed by atoms with E-state index in [2.05, 4.69) is 26.5 Å². The topological polar surface area (TPSA) is 50.7 Å². The zero-order valence-corrected chi connectivity index (χ0v) is 13.3. The lowest BCUT2D eigenvalue weighted by molar-refractivity contribution is 0.0955. The zero-order chi connectivity index (χ0) is 15.2. The van der Waals surface area contributed by atoms with Crippen molar-refractivity contribution in [2.45, 2.75) is 6.92 Å². The first kappa shape index (κ1) is 15.3. The monoisotopic (exact) mass is 346 g/mol. The highest BCUT2D eigenvalue weighted by molar-refractivity contribution is 9.10. The van der Waals surface area contributed by atoms with E-state index in [1.807, 2.05) is 31.2 Å². The van der Waals surface area contributed by atoms with E-state index in [0.717, 1.165) is 15.7 Å². The normalized spacial score (nSPS) is 11.1. The van der Waals surface area contributed by atoms with E-state index >= 15 is 0 Å². The predicted octanol–water partition coefficient (Wildman–Crippen LogP) is 3.61. The summed E-state index contributed by atoms with van der Waals surface area (Å²) < 4.78 is 6.05. The van der Waals surface area contributed by atoms with Crippen LogP contribution >= 0.6 is 15.9 Å². The van der Waals surface area contributed by atoms with E-state index in [-0.39, 0.29) is 5.91 Å². The van der Waals surface area contributed by atoms with Crippen LogP contribution in [0.5, 0.6) is 5.75 Å². The first-order valence-corrected chi connectivity index (χ1v) is 7.14. The molecule has 0 saturated carbocycles. The molecule has 0 heterocycles. The summed E-state index contributed by atoms with van der Waals surface area (Å²) in [5.74, 6) is 0.454. The smallest absolute Gasteiger partial charge is 0.271 e. The van der Waals surface area contributed by atoms with Crippen LogP contribution in [0, 0.1) is 0 Å². The first-order chi connectivity index (χ1) is 10.1. The number of hydrogen-bond donors (Lipinski definition) is 1. The molecule has 2 rings (SSSR count). The maximum Gasteiger partial charge on any atom is 0.271 e. The number of nitrogens with zero attached hydrogens (tertiary/aromatic N) is 1. The number of carbonyl (C=O) groups excluding carboxylic acids is 1. The van der Waals surface area contributed by atoms with Crippen molar-refractivity contribution < 1.29 is 9.53 Å². The van der Waals surface area contributed by atoms with E-state index in [1.54, 1.807) is 31.4 Å². The van der Waals surface area contributed by atoms with Gasteiger partial charge in [0.05, 0.1) is 12.8 Å². The van der Waals surface area contributed by atoms with Crippen molar-refractivity contribution in [2.75, 3.05) is 7.11 Å². The molecule has 2 aromatic carbocycles. The van der Waals surface area contributed by atoms with E-state index < -0.39 is 0 Å². The molecule has 0 radical (unpaired) electrons. The van der Waals surface area contributed by atoms with Crippen LogP contribution in [0.25, 0.3) is 0 Å². The average Bonchev–Trinajstić information content (AvgIpc) is 2.53. The minimum Gasteiger partial charge on any atom is -0.497 e. The highest BCUT2D eigenvalue weighted by Gasteiger charge is 2.05. The van der Waals surface area contributed by atoms with Crippen LogP contribution in [0.15, 0.2) is 58.1 Å². The molecule has 0 aromatic heterocycles. The molecule has 0 aliphatic rings. The van der Waals surface area contributed by atoms with E-state index in [4.69, 9.17) is 4.74 Å². The summed E-state index contributed by atoms with van der Waals surface area (Å²) in [6.07, 6.45) is 0. The predicted molar refractivity (Wildman–Crippen MR) is 86.8 cm³/mol. The van der Waals surface area contributed by atoms with E-state index in [0.29, 0.717) is 11.3 Å². The fourth-order valence-corrected chi connectivity index (χ4v) is 1.96. The molecule has 0 unspecified atom stereocenters. The molecule has 0 aliphatic carbocycles. The van der Waals surface area contributed by atoms with Gasteiger partial charge in [-0.15, -0.1) is 0 Å². The van der Waals surface area contributed by atoms with Crippen LogP contribution in [0.4, 0.5) is 0 Å². The van der Waals surface area contributed by atoms with E-state index in [1.165, 1.54) is 0 Å². The zero-order valence-electron chi connectivity index (χ0n) is 11.8. The number of methoxy groups -OCH3 is 1. The van der Waals surface area contributed by atoms with Crippen molar-refractivity contribution >= 4 is 27.5 Å². The van der Waals surface area contributed by atoms with Crippen molar-refractivity contribution in [3.63, 3.8) is 0 Å². The van der Waals surface area contributed by atoms with Crippen LogP contribution in [0.2, 0.25) is 0 Å². The molecule has 5 heteroatoms. The quantitative estimate of drug-likeness (QED) is 0.679. The molecule has 21 heavy (non-hydrogen) atoms. The van der Waals surface area contributed by atoms with Gasteiger partial charge in [0.2, 0.25) is 0 Å². The molecule has 0 saturated heterocycles. The molecule has 108 valence electrons. The van der Waals surface area contributed by atoms with Crippen molar-refractivity contribution in [3.05, 3.63) is 64.1 Å². The molecular formula is C16H15BrN2O2. The van der Waals surface area contributed by atoms with Crippen LogP contribution in [-0.4, -0.2) is 18.7 Å². The molecule has 4 nitrogen and oxygen atoms in total. The molecule has 0 bridgehead atoms. The summed E-state index contributed by atoms with van der Waals surface area (Å²) in [6.45, 7) is 1.84. The molecular weight excluding hydrogens is 332 g/mol.